The largest absolute Gasteiger partial charge is 0.302 e. The van der Waals surface area contributed by atoms with E-state index in [4.69, 9.17) is 0 Å². The van der Waals surface area contributed by atoms with Gasteiger partial charge in [0.15, 0.2) is 5.13 Å². The second-order valence-corrected chi connectivity index (χ2v) is 9.96. The summed E-state index contributed by atoms with van der Waals surface area (Å²) in [7, 11) is 0. The number of hydrogen-bond acceptors (Lipinski definition) is 5. The van der Waals surface area contributed by atoms with Crippen LogP contribution in [0.1, 0.15) is 54.4 Å². The molecule has 2 fully saturated rings. The van der Waals surface area contributed by atoms with Gasteiger partial charge in [0.2, 0.25) is 5.91 Å². The van der Waals surface area contributed by atoms with Crippen LogP contribution in [-0.4, -0.2) is 33.9 Å². The van der Waals surface area contributed by atoms with E-state index in [2.05, 4.69) is 46.2 Å². The molecule has 0 aromatic carbocycles. The molecule has 0 bridgehead atoms. The third-order valence-electron chi connectivity index (χ3n) is 6.20. The molecule has 5 nitrogen and oxygen atoms in total. The van der Waals surface area contributed by atoms with Gasteiger partial charge in [0.05, 0.1) is 0 Å². The lowest BCUT2D eigenvalue weighted by atomic mass is 9.83. The highest BCUT2D eigenvalue weighted by atomic mass is 32.1. The van der Waals surface area contributed by atoms with Gasteiger partial charge in [-0.3, -0.25) is 14.7 Å². The van der Waals surface area contributed by atoms with Crippen molar-refractivity contribution in [1.29, 1.82) is 0 Å². The van der Waals surface area contributed by atoms with Crippen molar-refractivity contribution in [3.8, 4) is 0 Å². The van der Waals surface area contributed by atoms with Crippen LogP contribution in [0, 0.1) is 25.2 Å². The van der Waals surface area contributed by atoms with Crippen LogP contribution in [0.25, 0.3) is 0 Å². The maximum Gasteiger partial charge on any atom is 0.223 e. The molecular formula is C22H30N4OS. The molecule has 28 heavy (non-hydrogen) atoms. The van der Waals surface area contributed by atoms with Crippen LogP contribution in [-0.2, 0) is 17.8 Å². The van der Waals surface area contributed by atoms with Crippen molar-refractivity contribution in [2.45, 2.75) is 59.4 Å². The first-order valence-corrected chi connectivity index (χ1v) is 11.1. The van der Waals surface area contributed by atoms with E-state index in [-0.39, 0.29) is 5.91 Å². The van der Waals surface area contributed by atoms with Crippen molar-refractivity contribution < 1.29 is 4.79 Å². The maximum atomic E-state index is 11.2. The summed E-state index contributed by atoms with van der Waals surface area (Å²) in [5.74, 6) is 0.744. The lowest BCUT2D eigenvalue weighted by Crippen LogP contribution is -2.25. The van der Waals surface area contributed by atoms with E-state index in [9.17, 15) is 4.79 Å². The number of carbonyl (C=O) groups excluding carboxylic acids is 1. The first-order valence-electron chi connectivity index (χ1n) is 10.3. The zero-order valence-corrected chi connectivity index (χ0v) is 17.9. The number of aromatic nitrogens is 2. The Morgan fingerprint density at radius 3 is 2.86 bits per heavy atom. The average molecular weight is 399 g/mol. The minimum Gasteiger partial charge on any atom is -0.302 e. The van der Waals surface area contributed by atoms with Crippen molar-refractivity contribution in [1.82, 2.24) is 14.9 Å². The van der Waals surface area contributed by atoms with Gasteiger partial charge < -0.3 is 5.32 Å². The number of likely N-dealkylation sites (tertiary alicyclic amines) is 1. The minimum absolute atomic E-state index is 0.0578. The topological polar surface area (TPSA) is 58.1 Å². The van der Waals surface area contributed by atoms with E-state index in [1.807, 2.05) is 6.20 Å². The number of amides is 1. The molecular weight excluding hydrogens is 368 g/mol. The molecule has 4 rings (SSSR count). The Morgan fingerprint density at radius 1 is 1.32 bits per heavy atom. The molecule has 6 heteroatoms. The highest BCUT2D eigenvalue weighted by molar-refractivity contribution is 7.15. The van der Waals surface area contributed by atoms with E-state index in [0.717, 1.165) is 23.9 Å². The molecule has 2 aliphatic rings. The van der Waals surface area contributed by atoms with Gasteiger partial charge in [-0.15, -0.1) is 11.3 Å². The van der Waals surface area contributed by atoms with Gasteiger partial charge in [-0.2, -0.15) is 0 Å². The van der Waals surface area contributed by atoms with Crippen LogP contribution in [0.4, 0.5) is 5.13 Å². The Morgan fingerprint density at radius 2 is 2.11 bits per heavy atom. The monoisotopic (exact) mass is 398 g/mol. The number of nitrogens with zero attached hydrogens (tertiary/aromatic N) is 3. The molecule has 0 radical (unpaired) electrons. The van der Waals surface area contributed by atoms with Crippen LogP contribution in [0.5, 0.6) is 0 Å². The molecule has 3 heterocycles. The van der Waals surface area contributed by atoms with Crippen LogP contribution in [0.3, 0.4) is 0 Å². The molecule has 1 N–H and O–H groups in total. The third kappa shape index (κ3) is 4.61. The number of thiazole rings is 1. The predicted molar refractivity (Wildman–Crippen MR) is 114 cm³/mol. The molecule has 1 aliphatic carbocycles. The zero-order valence-electron chi connectivity index (χ0n) is 17.1. The van der Waals surface area contributed by atoms with E-state index in [0.29, 0.717) is 10.5 Å². The quantitative estimate of drug-likeness (QED) is 0.813. The van der Waals surface area contributed by atoms with Crippen molar-refractivity contribution >= 4 is 22.4 Å². The summed E-state index contributed by atoms with van der Waals surface area (Å²) in [5.41, 5.74) is 4.24. The van der Waals surface area contributed by atoms with Gasteiger partial charge in [-0.05, 0) is 81.5 Å². The highest BCUT2D eigenvalue weighted by Crippen LogP contribution is 2.49. The van der Waals surface area contributed by atoms with Crippen LogP contribution in [0.2, 0.25) is 0 Å². The summed E-state index contributed by atoms with van der Waals surface area (Å²) < 4.78 is 0. The maximum absolute atomic E-state index is 11.2. The number of nitrogens with one attached hydrogen (secondary N) is 1. The van der Waals surface area contributed by atoms with Crippen LogP contribution >= 0.6 is 11.3 Å². The van der Waals surface area contributed by atoms with E-state index in [1.165, 1.54) is 62.6 Å². The van der Waals surface area contributed by atoms with Crippen molar-refractivity contribution in [2.75, 3.05) is 18.4 Å². The number of hydrogen-bond donors (Lipinski definition) is 1. The van der Waals surface area contributed by atoms with Gasteiger partial charge in [-0.25, -0.2) is 4.98 Å². The first kappa shape index (κ1) is 19.5. The van der Waals surface area contributed by atoms with Gasteiger partial charge in [-0.1, -0.05) is 0 Å². The summed E-state index contributed by atoms with van der Waals surface area (Å²) in [6.07, 6.45) is 8.48. The molecule has 1 aliphatic heterocycles. The van der Waals surface area contributed by atoms with Crippen molar-refractivity contribution in [3.63, 3.8) is 0 Å². The number of rotatable bonds is 5. The Labute approximate surface area is 171 Å². The molecule has 1 spiro atoms. The van der Waals surface area contributed by atoms with Gasteiger partial charge >= 0.3 is 0 Å². The van der Waals surface area contributed by atoms with Gasteiger partial charge in [0.25, 0.3) is 0 Å². The zero-order chi connectivity index (χ0) is 19.7. The first-order chi connectivity index (χ1) is 13.4. The fourth-order valence-electron chi connectivity index (χ4n) is 5.22. The SMILES string of the molecule is CC(=O)Nc1ncc(CN2CCC3(CCC(Cc4cc(C)nc(C)c4)C3)C2)s1. The molecule has 1 saturated heterocycles. The average Bonchev–Trinajstić information content (AvgIpc) is 3.29. The lowest BCUT2D eigenvalue weighted by molar-refractivity contribution is -0.114. The fraction of sp³-hybridized carbons (Fsp3) is 0.591. The van der Waals surface area contributed by atoms with E-state index < -0.39 is 0 Å². The molecule has 2 unspecified atom stereocenters. The predicted octanol–water partition coefficient (Wildman–Crippen LogP) is 4.35. The summed E-state index contributed by atoms with van der Waals surface area (Å²) in [6.45, 7) is 9.04. The number of carbonyl (C=O) groups is 1. The Bertz CT molecular complexity index is 844. The molecule has 2 aromatic rings. The number of aryl methyl sites for hydroxylation is 2. The van der Waals surface area contributed by atoms with Gasteiger partial charge in [0, 0.05) is 42.5 Å². The highest BCUT2D eigenvalue weighted by Gasteiger charge is 2.43. The Kier molecular flexibility index (Phi) is 5.52. The molecule has 2 aromatic heterocycles. The van der Waals surface area contributed by atoms with Crippen molar-refractivity contribution in [3.05, 3.63) is 40.2 Å². The van der Waals surface area contributed by atoms with Gasteiger partial charge in [0.1, 0.15) is 0 Å². The second-order valence-electron chi connectivity index (χ2n) is 8.84. The number of anilines is 1. The third-order valence-corrected chi connectivity index (χ3v) is 7.10. The van der Waals surface area contributed by atoms with Crippen LogP contribution in [0.15, 0.2) is 18.3 Å². The molecule has 2 atom stereocenters. The van der Waals surface area contributed by atoms with E-state index in [1.54, 1.807) is 11.3 Å². The fourth-order valence-corrected chi connectivity index (χ4v) is 6.12. The summed E-state index contributed by atoms with van der Waals surface area (Å²) in [4.78, 5) is 23.8. The van der Waals surface area contributed by atoms with E-state index >= 15 is 0 Å². The number of pyridine rings is 1. The lowest BCUT2D eigenvalue weighted by Gasteiger charge is -2.24. The summed E-state index contributed by atoms with van der Waals surface area (Å²) in [6, 6.07) is 4.52. The van der Waals surface area contributed by atoms with Crippen molar-refractivity contribution in [2.24, 2.45) is 11.3 Å². The summed E-state index contributed by atoms with van der Waals surface area (Å²) >= 11 is 1.59. The second kappa shape index (κ2) is 7.91. The molecule has 150 valence electrons. The Hall–Kier alpha value is -1.79. The smallest absolute Gasteiger partial charge is 0.223 e. The summed E-state index contributed by atoms with van der Waals surface area (Å²) in [5, 5.41) is 3.49. The molecule has 1 amide bonds. The Balaban J connectivity index is 1.32. The molecule has 1 saturated carbocycles. The normalized spacial score (nSPS) is 24.9. The standard InChI is InChI=1S/C22H30N4OS/c1-15-8-19(9-16(2)24-15)10-18-4-5-22(11-18)6-7-26(14-22)13-20-12-23-21(28-20)25-17(3)27/h8-9,12,18H,4-7,10-11,13-14H2,1-3H3,(H,23,25,27). The minimum atomic E-state index is -0.0578. The van der Waals surface area contributed by atoms with Crippen LogP contribution < -0.4 is 5.32 Å².